The summed E-state index contributed by atoms with van der Waals surface area (Å²) in [5, 5.41) is 9.46. The molecule has 0 aliphatic carbocycles. The Morgan fingerprint density at radius 2 is 1.35 bits per heavy atom. The van der Waals surface area contributed by atoms with E-state index in [9.17, 15) is 9.50 Å². The van der Waals surface area contributed by atoms with Crippen LogP contribution in [0.25, 0.3) is 0 Å². The molecule has 0 heterocycles. The molecule has 0 unspecified atom stereocenters. The Hall–Kier alpha value is -0.970. The van der Waals surface area contributed by atoms with E-state index in [1.165, 1.54) is 95.6 Å². The van der Waals surface area contributed by atoms with Crippen molar-refractivity contribution < 1.29 is 19.0 Å². The molecule has 0 radical (unpaired) electrons. The van der Waals surface area contributed by atoms with Crippen LogP contribution in [0.5, 0.6) is 0 Å². The molecule has 1 aromatic carbocycles. The molecule has 0 saturated carbocycles. The van der Waals surface area contributed by atoms with Crippen molar-refractivity contribution in [3.8, 4) is 0 Å². The van der Waals surface area contributed by atoms with Crippen molar-refractivity contribution >= 4 is 0 Å². The lowest BCUT2D eigenvalue weighted by atomic mass is 10.0. The molecule has 180 valence electrons. The van der Waals surface area contributed by atoms with E-state index in [0.29, 0.717) is 13.2 Å². The number of rotatable bonds is 21. The molecule has 0 aliphatic rings. The Kier molecular flexibility index (Phi) is 17.8. The Morgan fingerprint density at radius 1 is 0.806 bits per heavy atom. The highest BCUT2D eigenvalue weighted by Crippen LogP contribution is 2.13. The second-order valence-electron chi connectivity index (χ2n) is 8.92. The highest BCUT2D eigenvalue weighted by Gasteiger charge is 2.09. The number of aliphatic hydroxyl groups is 1. The van der Waals surface area contributed by atoms with Crippen molar-refractivity contribution in [2.45, 2.75) is 116 Å². The van der Waals surface area contributed by atoms with Gasteiger partial charge in [0, 0.05) is 6.61 Å². The molecule has 0 amide bonds. The molecule has 4 heteroatoms. The van der Waals surface area contributed by atoms with E-state index < -0.39 is 0 Å². The zero-order valence-corrected chi connectivity index (χ0v) is 20.2. The van der Waals surface area contributed by atoms with Crippen LogP contribution in [-0.4, -0.2) is 31.0 Å². The first kappa shape index (κ1) is 28.1. The third-order valence-corrected chi connectivity index (χ3v) is 5.74. The quantitative estimate of drug-likeness (QED) is 0.202. The van der Waals surface area contributed by atoms with Crippen molar-refractivity contribution in [1.82, 2.24) is 0 Å². The van der Waals surface area contributed by atoms with Crippen LogP contribution in [0.1, 0.15) is 108 Å². The van der Waals surface area contributed by atoms with Crippen molar-refractivity contribution in [2.75, 3.05) is 19.8 Å². The van der Waals surface area contributed by atoms with Crippen LogP contribution in [0.4, 0.5) is 4.39 Å². The van der Waals surface area contributed by atoms with E-state index in [-0.39, 0.29) is 25.1 Å². The van der Waals surface area contributed by atoms with E-state index in [1.807, 2.05) is 13.0 Å². The molecule has 0 aliphatic heterocycles. The van der Waals surface area contributed by atoms with Crippen molar-refractivity contribution in [3.63, 3.8) is 0 Å². The average Bonchev–Trinajstić information content (AvgIpc) is 2.75. The summed E-state index contributed by atoms with van der Waals surface area (Å²) in [5.74, 6) is -0.256. The predicted molar refractivity (Wildman–Crippen MR) is 128 cm³/mol. The molecule has 0 aromatic heterocycles. The summed E-state index contributed by atoms with van der Waals surface area (Å²) in [5.41, 5.74) is 1.65. The minimum absolute atomic E-state index is 0.0902. The molecule has 1 aromatic rings. The van der Waals surface area contributed by atoms with E-state index >= 15 is 0 Å². The first-order valence-corrected chi connectivity index (χ1v) is 12.7. The highest BCUT2D eigenvalue weighted by atomic mass is 19.1. The van der Waals surface area contributed by atoms with Gasteiger partial charge < -0.3 is 14.6 Å². The van der Waals surface area contributed by atoms with E-state index in [0.717, 1.165) is 17.5 Å². The first-order valence-electron chi connectivity index (χ1n) is 12.7. The molecule has 1 atom stereocenters. The summed E-state index contributed by atoms with van der Waals surface area (Å²) in [6.45, 7) is 5.41. The maximum Gasteiger partial charge on any atom is 0.123 e. The number of unbranched alkanes of at least 4 members (excludes halogenated alkanes) is 13. The zero-order chi connectivity index (χ0) is 22.6. The molecule has 0 spiro atoms. The molecule has 1 rings (SSSR count). The first-order chi connectivity index (χ1) is 15.2. The van der Waals surface area contributed by atoms with Crippen LogP contribution >= 0.6 is 0 Å². The van der Waals surface area contributed by atoms with Gasteiger partial charge in [-0.15, -0.1) is 0 Å². The Bertz CT molecular complexity index is 515. The van der Waals surface area contributed by atoms with Crippen LogP contribution in [0, 0.1) is 12.7 Å². The number of hydrogen-bond donors (Lipinski definition) is 1. The van der Waals surface area contributed by atoms with E-state index in [1.54, 1.807) is 0 Å². The Labute approximate surface area is 190 Å². The highest BCUT2D eigenvalue weighted by molar-refractivity contribution is 5.22. The molecular weight excluding hydrogens is 391 g/mol. The minimum Gasteiger partial charge on any atom is -0.394 e. The number of ether oxygens (including phenoxy) is 2. The molecule has 1 N–H and O–H groups in total. The second-order valence-corrected chi connectivity index (χ2v) is 8.92. The Balaban J connectivity index is 1.89. The van der Waals surface area contributed by atoms with Gasteiger partial charge in [0.25, 0.3) is 0 Å². The van der Waals surface area contributed by atoms with E-state index in [2.05, 4.69) is 6.92 Å². The maximum absolute atomic E-state index is 13.4. The molecule has 31 heavy (non-hydrogen) atoms. The standard InChI is InChI=1S/C27H47FO3/c1-3-4-5-6-7-8-9-10-11-12-13-14-15-16-17-30-23-27(21-29)31-22-25-18-24(2)19-26(28)20-25/h18-20,27,29H,3-17,21-23H2,1-2H3/t27-/m1/s1. The second kappa shape index (κ2) is 19.7. The lowest BCUT2D eigenvalue weighted by molar-refractivity contribution is -0.0503. The average molecular weight is 439 g/mol. The predicted octanol–water partition coefficient (Wildman–Crippen LogP) is 7.51. The normalized spacial score (nSPS) is 12.4. The summed E-state index contributed by atoms with van der Waals surface area (Å²) in [4.78, 5) is 0. The van der Waals surface area contributed by atoms with Crippen molar-refractivity contribution in [1.29, 1.82) is 0 Å². The number of halogens is 1. The van der Waals surface area contributed by atoms with E-state index in [4.69, 9.17) is 9.47 Å². The lowest BCUT2D eigenvalue weighted by Gasteiger charge is -2.16. The summed E-state index contributed by atoms with van der Waals surface area (Å²) in [6, 6.07) is 4.86. The topological polar surface area (TPSA) is 38.7 Å². The van der Waals surface area contributed by atoms with Crippen LogP contribution in [0.15, 0.2) is 18.2 Å². The molecular formula is C27H47FO3. The lowest BCUT2D eigenvalue weighted by Crippen LogP contribution is -2.24. The van der Waals surface area contributed by atoms with Gasteiger partial charge >= 0.3 is 0 Å². The number of hydrogen-bond acceptors (Lipinski definition) is 3. The van der Waals surface area contributed by atoms with Gasteiger partial charge in [-0.3, -0.25) is 0 Å². The van der Waals surface area contributed by atoms with Gasteiger partial charge in [-0.25, -0.2) is 4.39 Å². The minimum atomic E-state index is -0.366. The number of benzene rings is 1. The summed E-state index contributed by atoms with van der Waals surface area (Å²) < 4.78 is 24.8. The van der Waals surface area contributed by atoms with Crippen LogP contribution in [-0.2, 0) is 16.1 Å². The smallest absolute Gasteiger partial charge is 0.123 e. The zero-order valence-electron chi connectivity index (χ0n) is 20.2. The number of aliphatic hydroxyl groups excluding tert-OH is 1. The third-order valence-electron chi connectivity index (χ3n) is 5.74. The molecule has 0 bridgehead atoms. The summed E-state index contributed by atoms with van der Waals surface area (Å²) >= 11 is 0. The molecule has 0 fully saturated rings. The van der Waals surface area contributed by atoms with Gasteiger partial charge in [0.1, 0.15) is 11.9 Å². The fourth-order valence-corrected chi connectivity index (χ4v) is 3.88. The van der Waals surface area contributed by atoms with Gasteiger partial charge in [0.2, 0.25) is 0 Å². The van der Waals surface area contributed by atoms with Crippen LogP contribution in [0.2, 0.25) is 0 Å². The van der Waals surface area contributed by atoms with Gasteiger partial charge in [0.15, 0.2) is 0 Å². The third kappa shape index (κ3) is 16.3. The SMILES string of the molecule is CCCCCCCCCCCCCCCCOC[C@@H](CO)OCc1cc(C)cc(F)c1. The fraction of sp³-hybridized carbons (Fsp3) is 0.778. The molecule has 0 saturated heterocycles. The summed E-state index contributed by atoms with van der Waals surface area (Å²) in [7, 11) is 0. The van der Waals surface area contributed by atoms with Gasteiger partial charge in [-0.05, 0) is 36.6 Å². The van der Waals surface area contributed by atoms with Gasteiger partial charge in [-0.2, -0.15) is 0 Å². The van der Waals surface area contributed by atoms with Crippen molar-refractivity contribution in [3.05, 3.63) is 35.1 Å². The fourth-order valence-electron chi connectivity index (χ4n) is 3.88. The van der Waals surface area contributed by atoms with Gasteiger partial charge in [-0.1, -0.05) is 96.5 Å². The van der Waals surface area contributed by atoms with Gasteiger partial charge in [0.05, 0.1) is 19.8 Å². The number of aryl methyl sites for hydroxylation is 1. The monoisotopic (exact) mass is 438 g/mol. The van der Waals surface area contributed by atoms with Crippen molar-refractivity contribution in [2.24, 2.45) is 0 Å². The molecule has 3 nitrogen and oxygen atoms in total. The largest absolute Gasteiger partial charge is 0.394 e. The summed E-state index contributed by atoms with van der Waals surface area (Å²) in [6.07, 6.45) is 18.5. The Morgan fingerprint density at radius 3 is 1.87 bits per heavy atom. The van der Waals surface area contributed by atoms with Crippen LogP contribution < -0.4 is 0 Å². The maximum atomic E-state index is 13.4. The van der Waals surface area contributed by atoms with Crippen LogP contribution in [0.3, 0.4) is 0 Å².